The fourth-order valence-electron chi connectivity index (χ4n) is 1.36. The van der Waals surface area contributed by atoms with Crippen molar-refractivity contribution in [2.45, 2.75) is 0 Å². The summed E-state index contributed by atoms with van der Waals surface area (Å²) in [6.07, 6.45) is 0. The average molecular weight is 250 g/mol. The zero-order chi connectivity index (χ0) is 11.5. The SMILES string of the molecule is O=C(c1ccccc1)c1ccc(Cl)[c]c1Cl. The largest absolute Gasteiger partial charge is 0.289 e. The van der Waals surface area contributed by atoms with Crippen LogP contribution < -0.4 is 0 Å². The van der Waals surface area contributed by atoms with Gasteiger partial charge in [0.05, 0.1) is 10.0 Å². The maximum absolute atomic E-state index is 12.0. The lowest BCUT2D eigenvalue weighted by molar-refractivity contribution is 0.103. The Morgan fingerprint density at radius 1 is 1.00 bits per heavy atom. The Kier molecular flexibility index (Phi) is 3.28. The molecule has 0 aliphatic rings. The van der Waals surface area contributed by atoms with Crippen molar-refractivity contribution >= 4 is 29.0 Å². The van der Waals surface area contributed by atoms with Crippen molar-refractivity contribution in [1.82, 2.24) is 0 Å². The van der Waals surface area contributed by atoms with Crippen LogP contribution in [0.25, 0.3) is 0 Å². The highest BCUT2D eigenvalue weighted by molar-refractivity contribution is 6.37. The van der Waals surface area contributed by atoms with Gasteiger partial charge in [-0.3, -0.25) is 4.79 Å². The van der Waals surface area contributed by atoms with Gasteiger partial charge < -0.3 is 0 Å². The molecular weight excluding hydrogens is 243 g/mol. The van der Waals surface area contributed by atoms with Crippen molar-refractivity contribution in [2.75, 3.05) is 0 Å². The van der Waals surface area contributed by atoms with E-state index in [1.165, 1.54) is 0 Å². The molecule has 0 bridgehead atoms. The van der Waals surface area contributed by atoms with Crippen LogP contribution in [0.3, 0.4) is 0 Å². The van der Waals surface area contributed by atoms with Crippen LogP contribution in [0.2, 0.25) is 10.0 Å². The number of hydrogen-bond acceptors (Lipinski definition) is 1. The molecule has 0 saturated carbocycles. The van der Waals surface area contributed by atoms with E-state index in [1.54, 1.807) is 36.4 Å². The molecule has 2 aromatic rings. The van der Waals surface area contributed by atoms with Crippen LogP contribution in [0.5, 0.6) is 0 Å². The van der Waals surface area contributed by atoms with Crippen molar-refractivity contribution in [3.63, 3.8) is 0 Å². The normalized spacial score (nSPS) is 10.1. The summed E-state index contributed by atoms with van der Waals surface area (Å²) in [6.45, 7) is 0. The molecule has 2 aromatic carbocycles. The Labute approximate surface area is 104 Å². The Hall–Kier alpha value is -1.31. The van der Waals surface area contributed by atoms with Crippen LogP contribution in [0, 0.1) is 6.07 Å². The lowest BCUT2D eigenvalue weighted by Crippen LogP contribution is -2.01. The minimum absolute atomic E-state index is 0.126. The van der Waals surface area contributed by atoms with Crippen molar-refractivity contribution in [2.24, 2.45) is 0 Å². The fourth-order valence-corrected chi connectivity index (χ4v) is 1.82. The third-order valence-electron chi connectivity index (χ3n) is 2.14. The maximum atomic E-state index is 12.0. The first-order valence-corrected chi connectivity index (χ1v) is 5.41. The standard InChI is InChI=1S/C13H7Cl2O/c14-10-6-7-11(12(15)8-10)13(16)9-4-2-1-3-5-9/h1-7H. The highest BCUT2D eigenvalue weighted by Gasteiger charge is 2.12. The predicted molar refractivity (Wildman–Crippen MR) is 65.2 cm³/mol. The van der Waals surface area contributed by atoms with Crippen molar-refractivity contribution < 1.29 is 4.79 Å². The zero-order valence-corrected chi connectivity index (χ0v) is 9.72. The minimum atomic E-state index is -0.126. The van der Waals surface area contributed by atoms with Gasteiger partial charge in [0.15, 0.2) is 5.78 Å². The molecule has 79 valence electrons. The number of carbonyl (C=O) groups is 1. The number of halogens is 2. The molecule has 0 atom stereocenters. The summed E-state index contributed by atoms with van der Waals surface area (Å²) in [5.74, 6) is -0.126. The Morgan fingerprint density at radius 2 is 1.69 bits per heavy atom. The second-order valence-electron chi connectivity index (χ2n) is 3.23. The summed E-state index contributed by atoms with van der Waals surface area (Å²) in [5.41, 5.74) is 1.01. The lowest BCUT2D eigenvalue weighted by atomic mass is 10.0. The smallest absolute Gasteiger partial charge is 0.194 e. The van der Waals surface area contributed by atoms with E-state index in [1.807, 2.05) is 6.07 Å². The molecule has 0 amide bonds. The molecule has 16 heavy (non-hydrogen) atoms. The summed E-state index contributed by atoms with van der Waals surface area (Å²) in [4.78, 5) is 12.0. The van der Waals surface area contributed by atoms with Crippen LogP contribution in [-0.2, 0) is 0 Å². The third-order valence-corrected chi connectivity index (χ3v) is 2.66. The summed E-state index contributed by atoms with van der Waals surface area (Å²) >= 11 is 11.6. The molecule has 0 aliphatic heterocycles. The van der Waals surface area contributed by atoms with Gasteiger partial charge in [-0.1, -0.05) is 53.5 Å². The van der Waals surface area contributed by atoms with Crippen molar-refractivity contribution in [3.05, 3.63) is 69.7 Å². The Bertz CT molecular complexity index is 521. The van der Waals surface area contributed by atoms with E-state index in [0.29, 0.717) is 16.1 Å². The van der Waals surface area contributed by atoms with E-state index < -0.39 is 0 Å². The minimum Gasteiger partial charge on any atom is -0.289 e. The van der Waals surface area contributed by atoms with Gasteiger partial charge in [-0.2, -0.15) is 0 Å². The lowest BCUT2D eigenvalue weighted by Gasteiger charge is -2.03. The van der Waals surface area contributed by atoms with Crippen LogP contribution in [0.4, 0.5) is 0 Å². The highest BCUT2D eigenvalue weighted by Crippen LogP contribution is 2.22. The van der Waals surface area contributed by atoms with Crippen LogP contribution in [0.15, 0.2) is 42.5 Å². The highest BCUT2D eigenvalue weighted by atomic mass is 35.5. The molecule has 0 spiro atoms. The van der Waals surface area contributed by atoms with Gasteiger partial charge in [0.2, 0.25) is 0 Å². The second kappa shape index (κ2) is 4.69. The molecular formula is C13H7Cl2O. The van der Waals surface area contributed by atoms with E-state index in [2.05, 4.69) is 6.07 Å². The maximum Gasteiger partial charge on any atom is 0.194 e. The molecule has 1 nitrogen and oxygen atoms in total. The van der Waals surface area contributed by atoms with E-state index in [0.717, 1.165) is 0 Å². The second-order valence-corrected chi connectivity index (χ2v) is 4.01. The average Bonchev–Trinajstić information content (AvgIpc) is 2.29. The molecule has 0 aromatic heterocycles. The summed E-state index contributed by atoms with van der Waals surface area (Å²) in [7, 11) is 0. The topological polar surface area (TPSA) is 17.1 Å². The quantitative estimate of drug-likeness (QED) is 0.735. The van der Waals surface area contributed by atoms with Gasteiger partial charge in [0.25, 0.3) is 0 Å². The number of hydrogen-bond donors (Lipinski definition) is 0. The van der Waals surface area contributed by atoms with Gasteiger partial charge in [-0.25, -0.2) is 0 Å². The van der Waals surface area contributed by atoms with Gasteiger partial charge in [-0.15, -0.1) is 0 Å². The van der Waals surface area contributed by atoms with Gasteiger partial charge >= 0.3 is 0 Å². The molecule has 0 unspecified atom stereocenters. The molecule has 0 aliphatic carbocycles. The van der Waals surface area contributed by atoms with E-state index >= 15 is 0 Å². The molecule has 1 radical (unpaired) electrons. The van der Waals surface area contributed by atoms with E-state index in [-0.39, 0.29) is 10.8 Å². The summed E-state index contributed by atoms with van der Waals surface area (Å²) in [5, 5.41) is 0.649. The van der Waals surface area contributed by atoms with Crippen LogP contribution in [0.1, 0.15) is 15.9 Å². The van der Waals surface area contributed by atoms with Crippen LogP contribution in [-0.4, -0.2) is 5.78 Å². The van der Waals surface area contributed by atoms with Crippen molar-refractivity contribution in [1.29, 1.82) is 0 Å². The first-order valence-electron chi connectivity index (χ1n) is 4.65. The first kappa shape index (κ1) is 11.2. The summed E-state index contributed by atoms with van der Waals surface area (Å²) in [6, 6.07) is 14.9. The Balaban J connectivity index is 2.42. The van der Waals surface area contributed by atoms with Gasteiger partial charge in [0, 0.05) is 17.2 Å². The molecule has 0 heterocycles. The molecule has 0 saturated heterocycles. The number of benzene rings is 2. The summed E-state index contributed by atoms with van der Waals surface area (Å²) < 4.78 is 0. The predicted octanol–water partition coefficient (Wildman–Crippen LogP) is 4.02. The molecule has 2 rings (SSSR count). The third kappa shape index (κ3) is 2.26. The first-order chi connectivity index (χ1) is 7.68. The molecule has 0 N–H and O–H groups in total. The Morgan fingerprint density at radius 3 is 2.31 bits per heavy atom. The zero-order valence-electron chi connectivity index (χ0n) is 8.21. The molecule has 3 heteroatoms. The number of ketones is 1. The molecule has 0 fully saturated rings. The van der Waals surface area contributed by atoms with Crippen molar-refractivity contribution in [3.8, 4) is 0 Å². The monoisotopic (exact) mass is 249 g/mol. The van der Waals surface area contributed by atoms with E-state index in [4.69, 9.17) is 23.2 Å². The fraction of sp³-hybridized carbons (Fsp3) is 0. The van der Waals surface area contributed by atoms with Crippen LogP contribution >= 0.6 is 23.2 Å². The number of rotatable bonds is 2. The van der Waals surface area contributed by atoms with Gasteiger partial charge in [-0.05, 0) is 12.1 Å². The van der Waals surface area contributed by atoms with E-state index in [9.17, 15) is 4.79 Å². The van der Waals surface area contributed by atoms with Gasteiger partial charge in [0.1, 0.15) is 0 Å². The number of carbonyl (C=O) groups excluding carboxylic acids is 1.